The van der Waals surface area contributed by atoms with Crippen molar-refractivity contribution >= 4 is 15.9 Å². The summed E-state index contributed by atoms with van der Waals surface area (Å²) in [4.78, 5) is 9.09. The molecule has 106 valence electrons. The van der Waals surface area contributed by atoms with Crippen molar-refractivity contribution in [2.75, 3.05) is 6.54 Å². The number of aryl methyl sites for hydroxylation is 2. The first-order valence-electron chi connectivity index (χ1n) is 6.44. The zero-order chi connectivity index (χ0) is 14.9. The molecule has 1 atom stereocenters. The van der Waals surface area contributed by atoms with Crippen LogP contribution in [0, 0.1) is 19.7 Å². The zero-order valence-electron chi connectivity index (χ0n) is 11.7. The Kier molecular flexibility index (Phi) is 4.50. The van der Waals surface area contributed by atoms with Crippen molar-refractivity contribution in [3.05, 3.63) is 45.4 Å². The van der Waals surface area contributed by atoms with Gasteiger partial charge in [0.15, 0.2) is 5.82 Å². The summed E-state index contributed by atoms with van der Waals surface area (Å²) in [5.41, 5.74) is 9.44. The Morgan fingerprint density at radius 3 is 2.35 bits per heavy atom. The minimum Gasteiger partial charge on any atom is -0.330 e. The van der Waals surface area contributed by atoms with Crippen molar-refractivity contribution in [3.63, 3.8) is 0 Å². The van der Waals surface area contributed by atoms with Crippen molar-refractivity contribution in [3.8, 4) is 11.4 Å². The third-order valence-electron chi connectivity index (χ3n) is 3.35. The van der Waals surface area contributed by atoms with Gasteiger partial charge in [-0.1, -0.05) is 6.92 Å². The number of nitrogens with zero attached hydrogens (tertiary/aromatic N) is 2. The fourth-order valence-corrected chi connectivity index (χ4v) is 2.88. The van der Waals surface area contributed by atoms with Gasteiger partial charge in [-0.25, -0.2) is 14.4 Å². The lowest BCUT2D eigenvalue weighted by Crippen LogP contribution is -2.14. The summed E-state index contributed by atoms with van der Waals surface area (Å²) < 4.78 is 13.8. The monoisotopic (exact) mass is 337 g/mol. The van der Waals surface area contributed by atoms with E-state index < -0.39 is 0 Å². The van der Waals surface area contributed by atoms with E-state index in [9.17, 15) is 4.39 Å². The number of hydrogen-bond donors (Lipinski definition) is 1. The van der Waals surface area contributed by atoms with Crippen LogP contribution in [-0.4, -0.2) is 16.5 Å². The normalized spacial score (nSPS) is 12.5. The minimum absolute atomic E-state index is 0.223. The summed E-state index contributed by atoms with van der Waals surface area (Å²) in [5.74, 6) is 0.531. The van der Waals surface area contributed by atoms with Crippen LogP contribution in [0.3, 0.4) is 0 Å². The van der Waals surface area contributed by atoms with Gasteiger partial charge in [0.25, 0.3) is 0 Å². The van der Waals surface area contributed by atoms with E-state index in [4.69, 9.17) is 5.73 Å². The predicted octanol–water partition coefficient (Wildman–Crippen LogP) is 3.72. The molecule has 3 nitrogen and oxygen atoms in total. The first kappa shape index (κ1) is 15.1. The number of benzene rings is 1. The fourth-order valence-electron chi connectivity index (χ4n) is 2.35. The fraction of sp³-hybridized carbons (Fsp3) is 0.333. The Balaban J connectivity index is 2.55. The summed E-state index contributed by atoms with van der Waals surface area (Å²) >= 11 is 3.35. The summed E-state index contributed by atoms with van der Waals surface area (Å²) in [7, 11) is 0. The highest BCUT2D eigenvalue weighted by Crippen LogP contribution is 2.29. The van der Waals surface area contributed by atoms with E-state index >= 15 is 0 Å². The molecule has 0 saturated carbocycles. The van der Waals surface area contributed by atoms with Crippen molar-refractivity contribution in [1.29, 1.82) is 0 Å². The average molecular weight is 338 g/mol. The van der Waals surface area contributed by atoms with Gasteiger partial charge in [0.05, 0.1) is 0 Å². The van der Waals surface area contributed by atoms with Gasteiger partial charge >= 0.3 is 0 Å². The Morgan fingerprint density at radius 1 is 1.25 bits per heavy atom. The van der Waals surface area contributed by atoms with Crippen LogP contribution in [0.2, 0.25) is 0 Å². The van der Waals surface area contributed by atoms with Crippen LogP contribution >= 0.6 is 15.9 Å². The van der Waals surface area contributed by atoms with Crippen LogP contribution < -0.4 is 5.73 Å². The highest BCUT2D eigenvalue weighted by Gasteiger charge is 2.16. The maximum atomic E-state index is 13.2. The van der Waals surface area contributed by atoms with Gasteiger partial charge in [-0.2, -0.15) is 0 Å². The smallest absolute Gasteiger partial charge is 0.160 e. The van der Waals surface area contributed by atoms with Crippen LogP contribution in [0.25, 0.3) is 11.4 Å². The number of halogens is 2. The summed E-state index contributed by atoms with van der Waals surface area (Å²) in [5, 5.41) is 0. The number of nitrogens with two attached hydrogens (primary N) is 1. The Hall–Kier alpha value is -1.33. The van der Waals surface area contributed by atoms with Crippen molar-refractivity contribution in [2.24, 2.45) is 5.73 Å². The number of hydrogen-bond acceptors (Lipinski definition) is 3. The maximum Gasteiger partial charge on any atom is 0.160 e. The van der Waals surface area contributed by atoms with E-state index in [2.05, 4.69) is 32.8 Å². The van der Waals surface area contributed by atoms with Crippen LogP contribution in [0.5, 0.6) is 0 Å². The van der Waals surface area contributed by atoms with E-state index in [0.29, 0.717) is 16.8 Å². The summed E-state index contributed by atoms with van der Waals surface area (Å²) in [6.07, 6.45) is 0. The molecular formula is C15H17BrFN3. The molecule has 2 aromatic rings. The van der Waals surface area contributed by atoms with Gasteiger partial charge in [-0.3, -0.25) is 0 Å². The van der Waals surface area contributed by atoms with Crippen LogP contribution in [0.4, 0.5) is 4.39 Å². The Morgan fingerprint density at radius 2 is 1.85 bits per heavy atom. The molecule has 0 fully saturated rings. The van der Waals surface area contributed by atoms with Gasteiger partial charge in [0, 0.05) is 21.4 Å². The molecule has 1 aromatic carbocycles. The van der Waals surface area contributed by atoms with Crippen LogP contribution in [0.15, 0.2) is 22.7 Å². The van der Waals surface area contributed by atoms with Crippen molar-refractivity contribution in [2.45, 2.75) is 26.7 Å². The minimum atomic E-state index is -0.289. The van der Waals surface area contributed by atoms with E-state index in [1.165, 1.54) is 12.1 Å². The lowest BCUT2D eigenvalue weighted by atomic mass is 9.98. The van der Waals surface area contributed by atoms with Crippen LogP contribution in [0.1, 0.15) is 29.8 Å². The molecule has 0 spiro atoms. The van der Waals surface area contributed by atoms with E-state index in [-0.39, 0.29) is 11.7 Å². The second kappa shape index (κ2) is 5.97. The number of aromatic nitrogens is 2. The van der Waals surface area contributed by atoms with Gasteiger partial charge in [-0.05, 0) is 66.0 Å². The van der Waals surface area contributed by atoms with E-state index in [1.54, 1.807) is 6.07 Å². The van der Waals surface area contributed by atoms with Gasteiger partial charge in [0.2, 0.25) is 0 Å². The molecular weight excluding hydrogens is 321 g/mol. The van der Waals surface area contributed by atoms with Crippen molar-refractivity contribution in [1.82, 2.24) is 9.97 Å². The topological polar surface area (TPSA) is 51.8 Å². The second-order valence-corrected chi connectivity index (χ2v) is 5.75. The lowest BCUT2D eigenvalue weighted by Gasteiger charge is -2.16. The standard InChI is InChI=1S/C15H17BrFN3/c1-8(7-18)14-9(2)19-15(20-10(14)3)12-5-4-11(17)6-13(12)16/h4-6,8H,7,18H2,1-3H3. The van der Waals surface area contributed by atoms with Gasteiger partial charge < -0.3 is 5.73 Å². The Bertz CT molecular complexity index is 620. The molecule has 0 aliphatic carbocycles. The van der Waals surface area contributed by atoms with Crippen LogP contribution in [-0.2, 0) is 0 Å². The SMILES string of the molecule is Cc1nc(-c2ccc(F)cc2Br)nc(C)c1C(C)CN. The molecule has 2 rings (SSSR count). The molecule has 20 heavy (non-hydrogen) atoms. The maximum absolute atomic E-state index is 13.2. The zero-order valence-corrected chi connectivity index (χ0v) is 13.3. The molecule has 0 aliphatic rings. The Labute approximate surface area is 126 Å². The molecule has 0 bridgehead atoms. The molecule has 0 aliphatic heterocycles. The first-order valence-corrected chi connectivity index (χ1v) is 7.24. The van der Waals surface area contributed by atoms with Crippen molar-refractivity contribution < 1.29 is 4.39 Å². The third-order valence-corrected chi connectivity index (χ3v) is 4.00. The lowest BCUT2D eigenvalue weighted by molar-refractivity contribution is 0.627. The second-order valence-electron chi connectivity index (χ2n) is 4.89. The molecule has 0 amide bonds. The molecule has 1 aromatic heterocycles. The molecule has 5 heteroatoms. The molecule has 0 radical (unpaired) electrons. The van der Waals surface area contributed by atoms with Gasteiger partial charge in [-0.15, -0.1) is 0 Å². The molecule has 0 saturated heterocycles. The summed E-state index contributed by atoms with van der Waals surface area (Å²) in [6, 6.07) is 4.50. The summed E-state index contributed by atoms with van der Waals surface area (Å²) in [6.45, 7) is 6.53. The van der Waals surface area contributed by atoms with Gasteiger partial charge in [0.1, 0.15) is 5.82 Å². The highest BCUT2D eigenvalue weighted by molar-refractivity contribution is 9.10. The van der Waals surface area contributed by atoms with E-state index in [0.717, 1.165) is 22.5 Å². The highest BCUT2D eigenvalue weighted by atomic mass is 79.9. The largest absolute Gasteiger partial charge is 0.330 e. The third kappa shape index (κ3) is 2.88. The number of rotatable bonds is 3. The average Bonchev–Trinajstić information content (AvgIpc) is 2.37. The van der Waals surface area contributed by atoms with E-state index in [1.807, 2.05) is 13.8 Å². The quantitative estimate of drug-likeness (QED) is 0.928. The first-order chi connectivity index (χ1) is 9.43. The molecule has 1 heterocycles. The predicted molar refractivity (Wildman–Crippen MR) is 82.1 cm³/mol. The molecule has 1 unspecified atom stereocenters. The molecule has 2 N–H and O–H groups in total.